The van der Waals surface area contributed by atoms with Crippen LogP contribution in [0.25, 0.3) is 0 Å². The van der Waals surface area contributed by atoms with Crippen LogP contribution >= 0.6 is 0 Å². The average molecular weight is 421 g/mol. The van der Waals surface area contributed by atoms with Gasteiger partial charge in [-0.15, -0.1) is 0 Å². The van der Waals surface area contributed by atoms with Crippen molar-refractivity contribution in [3.8, 4) is 0 Å². The summed E-state index contributed by atoms with van der Waals surface area (Å²) in [7, 11) is 0. The van der Waals surface area contributed by atoms with Gasteiger partial charge in [0.1, 0.15) is 0 Å². The van der Waals surface area contributed by atoms with Crippen molar-refractivity contribution in [2.45, 2.75) is 18.9 Å². The number of piperazine rings is 1. The number of nitrogens with zero attached hydrogens (tertiary/aromatic N) is 3. The Morgan fingerprint density at radius 3 is 1.87 bits per heavy atom. The third-order valence-electron chi connectivity index (χ3n) is 6.27. The van der Waals surface area contributed by atoms with Crippen molar-refractivity contribution in [3.63, 3.8) is 0 Å². The Kier molecular flexibility index (Phi) is 7.33. The summed E-state index contributed by atoms with van der Waals surface area (Å²) in [5.74, 6) is -0.0344. The van der Waals surface area contributed by atoms with Crippen molar-refractivity contribution >= 4 is 11.8 Å². The van der Waals surface area contributed by atoms with Gasteiger partial charge in [0.05, 0.1) is 19.1 Å². The Bertz CT molecular complexity index is 805. The minimum absolute atomic E-state index is 0.0317. The summed E-state index contributed by atoms with van der Waals surface area (Å²) in [6.07, 6.45) is 2.13. The number of hydrogen-bond donors (Lipinski definition) is 1. The molecule has 164 valence electrons. The Hall–Kier alpha value is -2.70. The summed E-state index contributed by atoms with van der Waals surface area (Å²) < 4.78 is 0. The number of hydrogen-bond acceptors (Lipinski definition) is 4. The molecule has 1 N–H and O–H groups in total. The lowest BCUT2D eigenvalue weighted by atomic mass is 9.96. The van der Waals surface area contributed by atoms with Gasteiger partial charge in [0.15, 0.2) is 0 Å². The maximum atomic E-state index is 12.4. The molecule has 2 heterocycles. The van der Waals surface area contributed by atoms with Crippen molar-refractivity contribution in [1.29, 1.82) is 0 Å². The highest BCUT2D eigenvalue weighted by Crippen LogP contribution is 2.29. The molecular weight excluding hydrogens is 388 g/mol. The second-order valence-corrected chi connectivity index (χ2v) is 8.40. The predicted molar refractivity (Wildman–Crippen MR) is 122 cm³/mol. The van der Waals surface area contributed by atoms with E-state index in [2.05, 4.69) is 75.8 Å². The maximum Gasteiger partial charge on any atom is 0.241 e. The lowest BCUT2D eigenvalue weighted by Gasteiger charge is -2.39. The fourth-order valence-corrected chi connectivity index (χ4v) is 4.58. The molecule has 31 heavy (non-hydrogen) atoms. The quantitative estimate of drug-likeness (QED) is 0.746. The molecule has 2 aliphatic heterocycles. The zero-order chi connectivity index (χ0) is 21.5. The molecule has 0 saturated carbocycles. The molecule has 0 aromatic heterocycles. The molecule has 6 nitrogen and oxygen atoms in total. The van der Waals surface area contributed by atoms with E-state index in [9.17, 15) is 9.59 Å². The molecule has 0 atom stereocenters. The van der Waals surface area contributed by atoms with E-state index in [1.807, 2.05) is 4.90 Å². The Morgan fingerprint density at radius 2 is 1.32 bits per heavy atom. The number of carbonyl (C=O) groups is 2. The minimum atomic E-state index is -0.0661. The van der Waals surface area contributed by atoms with Crippen LogP contribution in [0.5, 0.6) is 0 Å². The molecule has 0 unspecified atom stereocenters. The van der Waals surface area contributed by atoms with Crippen molar-refractivity contribution in [2.24, 2.45) is 0 Å². The molecule has 0 spiro atoms. The first-order valence-corrected chi connectivity index (χ1v) is 11.3. The van der Waals surface area contributed by atoms with E-state index < -0.39 is 0 Å². The summed E-state index contributed by atoms with van der Waals surface area (Å²) in [6, 6.07) is 21.5. The Balaban J connectivity index is 1.29. The van der Waals surface area contributed by atoms with E-state index in [1.165, 1.54) is 11.1 Å². The van der Waals surface area contributed by atoms with Gasteiger partial charge in [-0.25, -0.2) is 0 Å². The van der Waals surface area contributed by atoms with E-state index in [0.29, 0.717) is 6.54 Å². The highest BCUT2D eigenvalue weighted by Gasteiger charge is 2.27. The molecule has 2 fully saturated rings. The number of carbonyl (C=O) groups excluding carboxylic acids is 2. The SMILES string of the molecule is O=C(CN1CCN(C(c2ccccc2)c2ccccc2)CC1)NCC(=O)N1CCCC1. The van der Waals surface area contributed by atoms with Crippen molar-refractivity contribution in [2.75, 3.05) is 52.4 Å². The van der Waals surface area contributed by atoms with Crippen LogP contribution in [0.4, 0.5) is 0 Å². The zero-order valence-corrected chi connectivity index (χ0v) is 18.1. The summed E-state index contributed by atoms with van der Waals surface area (Å²) in [4.78, 5) is 31.0. The molecule has 2 aromatic carbocycles. The number of rotatable bonds is 7. The summed E-state index contributed by atoms with van der Waals surface area (Å²) in [5.41, 5.74) is 2.58. The second kappa shape index (κ2) is 10.6. The van der Waals surface area contributed by atoms with Gasteiger partial charge in [-0.05, 0) is 24.0 Å². The first kappa shape index (κ1) is 21.5. The maximum absolute atomic E-state index is 12.4. The van der Waals surface area contributed by atoms with E-state index >= 15 is 0 Å². The Labute approximate surface area is 184 Å². The molecule has 2 aromatic rings. The van der Waals surface area contributed by atoms with Crippen LogP contribution in [0, 0.1) is 0 Å². The first-order valence-electron chi connectivity index (χ1n) is 11.3. The fraction of sp³-hybridized carbons (Fsp3) is 0.440. The van der Waals surface area contributed by atoms with Crippen molar-refractivity contribution in [3.05, 3.63) is 71.8 Å². The molecule has 0 bridgehead atoms. The van der Waals surface area contributed by atoms with Crippen molar-refractivity contribution < 1.29 is 9.59 Å². The number of amides is 2. The molecule has 0 radical (unpaired) electrons. The molecule has 4 rings (SSSR count). The summed E-state index contributed by atoms with van der Waals surface area (Å²) >= 11 is 0. The van der Waals surface area contributed by atoms with Crippen LogP contribution in [0.15, 0.2) is 60.7 Å². The second-order valence-electron chi connectivity index (χ2n) is 8.40. The van der Waals surface area contributed by atoms with Crippen LogP contribution < -0.4 is 5.32 Å². The molecule has 2 aliphatic rings. The lowest BCUT2D eigenvalue weighted by Crippen LogP contribution is -2.51. The average Bonchev–Trinajstić information content (AvgIpc) is 3.36. The van der Waals surface area contributed by atoms with Gasteiger partial charge in [0.25, 0.3) is 0 Å². The van der Waals surface area contributed by atoms with Crippen LogP contribution in [0.1, 0.15) is 30.0 Å². The van der Waals surface area contributed by atoms with Gasteiger partial charge in [-0.3, -0.25) is 19.4 Å². The topological polar surface area (TPSA) is 55.9 Å². The Morgan fingerprint density at radius 1 is 0.774 bits per heavy atom. The van der Waals surface area contributed by atoms with Crippen LogP contribution in [0.3, 0.4) is 0 Å². The minimum Gasteiger partial charge on any atom is -0.346 e. The van der Waals surface area contributed by atoms with Crippen LogP contribution in [0.2, 0.25) is 0 Å². The van der Waals surface area contributed by atoms with E-state index in [1.54, 1.807) is 0 Å². The van der Waals surface area contributed by atoms with E-state index in [0.717, 1.165) is 52.1 Å². The van der Waals surface area contributed by atoms with Gasteiger partial charge < -0.3 is 10.2 Å². The molecule has 2 saturated heterocycles. The van der Waals surface area contributed by atoms with E-state index in [-0.39, 0.29) is 24.4 Å². The molecule has 0 aliphatic carbocycles. The number of likely N-dealkylation sites (tertiary alicyclic amines) is 1. The standard InChI is InChI=1S/C25H32N4O2/c30-23(26-19-24(31)28-13-7-8-14-28)20-27-15-17-29(18-16-27)25(21-9-3-1-4-10-21)22-11-5-2-6-12-22/h1-6,9-12,25H,7-8,13-20H2,(H,26,30). The summed E-state index contributed by atoms with van der Waals surface area (Å²) in [5, 5.41) is 2.81. The largest absolute Gasteiger partial charge is 0.346 e. The number of benzene rings is 2. The predicted octanol–water partition coefficient (Wildman–Crippen LogP) is 2.13. The third kappa shape index (κ3) is 5.71. The zero-order valence-electron chi connectivity index (χ0n) is 18.1. The molecule has 2 amide bonds. The molecule has 6 heteroatoms. The monoisotopic (exact) mass is 420 g/mol. The first-order chi connectivity index (χ1) is 15.2. The highest BCUT2D eigenvalue weighted by atomic mass is 16.2. The fourth-order valence-electron chi connectivity index (χ4n) is 4.58. The molecular formula is C25H32N4O2. The normalized spacial score (nSPS) is 17.8. The number of nitrogens with one attached hydrogen (secondary N) is 1. The van der Waals surface area contributed by atoms with E-state index in [4.69, 9.17) is 0 Å². The van der Waals surface area contributed by atoms with Crippen molar-refractivity contribution in [1.82, 2.24) is 20.0 Å². The summed E-state index contributed by atoms with van der Waals surface area (Å²) in [6.45, 7) is 5.57. The van der Waals surface area contributed by atoms with Crippen LogP contribution in [-0.4, -0.2) is 78.9 Å². The van der Waals surface area contributed by atoms with Crippen LogP contribution in [-0.2, 0) is 9.59 Å². The van der Waals surface area contributed by atoms with Gasteiger partial charge >= 0.3 is 0 Å². The smallest absolute Gasteiger partial charge is 0.241 e. The van der Waals surface area contributed by atoms with Gasteiger partial charge in [0, 0.05) is 39.3 Å². The third-order valence-corrected chi connectivity index (χ3v) is 6.27. The van der Waals surface area contributed by atoms with Gasteiger partial charge in [-0.1, -0.05) is 60.7 Å². The van der Waals surface area contributed by atoms with Gasteiger partial charge in [0.2, 0.25) is 11.8 Å². The van der Waals surface area contributed by atoms with Gasteiger partial charge in [-0.2, -0.15) is 0 Å². The highest BCUT2D eigenvalue weighted by molar-refractivity contribution is 5.85. The lowest BCUT2D eigenvalue weighted by molar-refractivity contribution is -0.132.